The van der Waals surface area contributed by atoms with Gasteiger partial charge < -0.3 is 0 Å². The van der Waals surface area contributed by atoms with E-state index in [-0.39, 0.29) is 10.6 Å². The highest BCUT2D eigenvalue weighted by Crippen LogP contribution is 2.44. The Labute approximate surface area is 97.2 Å². The highest BCUT2D eigenvalue weighted by molar-refractivity contribution is 7.41. The topological polar surface area (TPSA) is 37.1 Å². The van der Waals surface area contributed by atoms with E-state index in [0.29, 0.717) is 0 Å². The third-order valence-corrected chi connectivity index (χ3v) is 6.10. The summed E-state index contributed by atoms with van der Waals surface area (Å²) < 4.78 is 13.8. The average molecular weight is 261 g/mol. The summed E-state index contributed by atoms with van der Waals surface area (Å²) in [7, 11) is 3.05. The fourth-order valence-electron chi connectivity index (χ4n) is 1.20. The number of hydrogen-bond acceptors (Lipinski definition) is 3. The van der Waals surface area contributed by atoms with Crippen LogP contribution in [0.2, 0.25) is 0 Å². The Hall–Kier alpha value is 0.300. The van der Waals surface area contributed by atoms with Gasteiger partial charge >= 0.3 is 0 Å². The van der Waals surface area contributed by atoms with Crippen molar-refractivity contribution in [2.75, 3.05) is 0 Å². The molecule has 0 aromatic heterocycles. The monoisotopic (exact) mass is 261 g/mol. The molecule has 1 aliphatic rings. The fraction of sp³-hybridized carbons (Fsp3) is 1.00. The van der Waals surface area contributed by atoms with Crippen LogP contribution in [0.5, 0.6) is 0 Å². The molecule has 0 saturated carbocycles. The minimum absolute atomic E-state index is 0.00960. The molecule has 0 amide bonds. The molecule has 0 bridgehead atoms. The third kappa shape index (κ3) is 3.99. The molecule has 0 saturated heterocycles. The standard InChI is InChI=1S/C9H18N3P3/c1-5-7-9(4)10-13-8(3,6-2)11-15-12-14-9/h5-7H2,1-4H3. The van der Waals surface area contributed by atoms with E-state index in [9.17, 15) is 0 Å². The summed E-state index contributed by atoms with van der Waals surface area (Å²) in [4.78, 5) is 0. The lowest BCUT2D eigenvalue weighted by Crippen LogP contribution is -2.15. The molecule has 0 aliphatic carbocycles. The van der Waals surface area contributed by atoms with Gasteiger partial charge in [0.15, 0.2) is 8.52 Å². The predicted molar refractivity (Wildman–Crippen MR) is 70.1 cm³/mol. The van der Waals surface area contributed by atoms with Crippen LogP contribution in [0.1, 0.15) is 47.0 Å². The second-order valence-corrected chi connectivity index (χ2v) is 7.74. The Balaban J connectivity index is 2.95. The maximum Gasteiger partial charge on any atom is 0.154 e. The second-order valence-electron chi connectivity index (χ2n) is 4.12. The lowest BCUT2D eigenvalue weighted by Gasteiger charge is -2.22. The van der Waals surface area contributed by atoms with Gasteiger partial charge in [-0.2, -0.15) is 4.52 Å². The van der Waals surface area contributed by atoms with Crippen molar-refractivity contribution in [2.45, 2.75) is 57.5 Å². The Kier molecular flexibility index (Phi) is 4.97. The van der Waals surface area contributed by atoms with Gasteiger partial charge in [0, 0.05) is 16.7 Å². The maximum atomic E-state index is 4.80. The summed E-state index contributed by atoms with van der Waals surface area (Å²) in [6.45, 7) is 8.73. The summed E-state index contributed by atoms with van der Waals surface area (Å²) in [6.07, 6.45) is 3.30. The fourth-order valence-corrected chi connectivity index (χ4v) is 4.20. The zero-order valence-electron chi connectivity index (χ0n) is 9.80. The van der Waals surface area contributed by atoms with E-state index in [0.717, 1.165) is 44.5 Å². The lowest BCUT2D eigenvalue weighted by atomic mass is 10.2. The van der Waals surface area contributed by atoms with E-state index in [1.165, 1.54) is 0 Å². The SMILES string of the molecule is CCCC1(C)/N=P\C(C)(CC)/N=P\N=P/1. The van der Waals surface area contributed by atoms with Gasteiger partial charge in [0.1, 0.15) is 10.6 Å². The molecular weight excluding hydrogens is 243 g/mol. The maximum absolute atomic E-state index is 4.80. The first kappa shape index (κ1) is 13.4. The second kappa shape index (κ2) is 5.58. The summed E-state index contributed by atoms with van der Waals surface area (Å²) in [5.41, 5.74) is 0. The third-order valence-electron chi connectivity index (χ3n) is 2.43. The predicted octanol–water partition coefficient (Wildman–Crippen LogP) is 5.95. The Bertz CT molecular complexity index is 303. The van der Waals surface area contributed by atoms with E-state index >= 15 is 0 Å². The van der Waals surface area contributed by atoms with Crippen molar-refractivity contribution in [3.63, 3.8) is 0 Å². The number of rotatable bonds is 3. The van der Waals surface area contributed by atoms with Crippen LogP contribution < -0.4 is 0 Å². The molecule has 3 nitrogen and oxygen atoms in total. The summed E-state index contributed by atoms with van der Waals surface area (Å²) >= 11 is 0. The van der Waals surface area contributed by atoms with Crippen molar-refractivity contribution < 1.29 is 0 Å². The molecule has 1 heterocycles. The molecule has 0 spiro atoms. The van der Waals surface area contributed by atoms with E-state index in [1.807, 2.05) is 0 Å². The molecule has 1 rings (SSSR count). The molecule has 0 N–H and O–H groups in total. The molecule has 0 aromatic rings. The molecule has 2 unspecified atom stereocenters. The van der Waals surface area contributed by atoms with Gasteiger partial charge in [0.25, 0.3) is 0 Å². The first-order valence-electron chi connectivity index (χ1n) is 5.32. The Morgan fingerprint density at radius 3 is 2.33 bits per heavy atom. The minimum atomic E-state index is -0.0317. The highest BCUT2D eigenvalue weighted by atomic mass is 31.1. The molecule has 2 atom stereocenters. The van der Waals surface area contributed by atoms with Crippen LogP contribution in [0, 0.1) is 0 Å². The van der Waals surface area contributed by atoms with Gasteiger partial charge in [0.2, 0.25) is 0 Å². The lowest BCUT2D eigenvalue weighted by molar-refractivity contribution is 0.597. The largest absolute Gasteiger partial charge is 0.249 e. The van der Waals surface area contributed by atoms with Crippen LogP contribution >= 0.6 is 25.3 Å². The molecule has 15 heavy (non-hydrogen) atoms. The molecule has 0 aromatic carbocycles. The zero-order valence-corrected chi connectivity index (χ0v) is 12.5. The number of hydrogen-bond donors (Lipinski definition) is 0. The van der Waals surface area contributed by atoms with Crippen molar-refractivity contribution >= 4 is 25.3 Å². The molecule has 6 heteroatoms. The first-order valence-corrected chi connectivity index (χ1v) is 7.81. The van der Waals surface area contributed by atoms with E-state index in [4.69, 9.17) is 4.74 Å². The minimum Gasteiger partial charge on any atom is -0.249 e. The summed E-state index contributed by atoms with van der Waals surface area (Å²) in [5.74, 6) is 0. The highest BCUT2D eigenvalue weighted by Gasteiger charge is 2.26. The molecule has 0 fully saturated rings. The molecule has 84 valence electrons. The van der Waals surface area contributed by atoms with Gasteiger partial charge in [-0.1, -0.05) is 20.3 Å². The van der Waals surface area contributed by atoms with Gasteiger partial charge in [-0.25, -0.2) is 9.49 Å². The quantitative estimate of drug-likeness (QED) is 0.563. The van der Waals surface area contributed by atoms with Crippen LogP contribution in [-0.2, 0) is 0 Å². The summed E-state index contributed by atoms with van der Waals surface area (Å²) in [5, 5.41) is -0.0222. The van der Waals surface area contributed by atoms with Crippen LogP contribution in [0.3, 0.4) is 0 Å². The Morgan fingerprint density at radius 2 is 1.73 bits per heavy atom. The van der Waals surface area contributed by atoms with Gasteiger partial charge in [0.05, 0.1) is 0 Å². The van der Waals surface area contributed by atoms with Gasteiger partial charge in [-0.15, -0.1) is 0 Å². The van der Waals surface area contributed by atoms with Crippen molar-refractivity contribution in [1.29, 1.82) is 0 Å². The van der Waals surface area contributed by atoms with E-state index in [2.05, 4.69) is 37.0 Å². The molecular formula is C9H18N3P3. The van der Waals surface area contributed by atoms with Gasteiger partial charge in [-0.05, 0) is 26.7 Å². The zero-order chi connectivity index (χ0) is 11.4. The van der Waals surface area contributed by atoms with Crippen LogP contribution in [0.25, 0.3) is 0 Å². The van der Waals surface area contributed by atoms with Crippen LogP contribution in [0.4, 0.5) is 0 Å². The Morgan fingerprint density at radius 1 is 1.00 bits per heavy atom. The average Bonchev–Trinajstić information content (AvgIpc) is 2.21. The molecule has 1 aliphatic heterocycles. The van der Waals surface area contributed by atoms with Gasteiger partial charge in [-0.3, -0.25) is 0 Å². The number of nitrogens with zero attached hydrogens (tertiary/aromatic N) is 3. The smallest absolute Gasteiger partial charge is 0.154 e. The van der Waals surface area contributed by atoms with E-state index < -0.39 is 0 Å². The van der Waals surface area contributed by atoms with Crippen molar-refractivity contribution in [2.24, 2.45) is 14.0 Å². The van der Waals surface area contributed by atoms with Crippen molar-refractivity contribution in [3.05, 3.63) is 0 Å². The first-order chi connectivity index (χ1) is 7.04. The van der Waals surface area contributed by atoms with Crippen molar-refractivity contribution in [3.8, 4) is 0 Å². The normalized spacial score (nSPS) is 41.6. The molecule has 0 radical (unpaired) electrons. The summed E-state index contributed by atoms with van der Waals surface area (Å²) in [6, 6.07) is 0. The van der Waals surface area contributed by atoms with Crippen molar-refractivity contribution in [1.82, 2.24) is 0 Å². The van der Waals surface area contributed by atoms with E-state index in [1.54, 1.807) is 0 Å². The van der Waals surface area contributed by atoms with Crippen LogP contribution in [0.15, 0.2) is 14.0 Å². The van der Waals surface area contributed by atoms with Crippen LogP contribution in [-0.4, -0.2) is 10.6 Å².